The average Bonchev–Trinajstić information content (AvgIpc) is 2.96. The van der Waals surface area contributed by atoms with Gasteiger partial charge in [0.25, 0.3) is 5.24 Å². The first-order valence-electron chi connectivity index (χ1n) is 14.1. The van der Waals surface area contributed by atoms with Gasteiger partial charge < -0.3 is 19.3 Å². The summed E-state index contributed by atoms with van der Waals surface area (Å²) in [6.07, 6.45) is 4.14. The average molecular weight is 595 g/mol. The monoisotopic (exact) mass is 594 g/mol. The summed E-state index contributed by atoms with van der Waals surface area (Å²) >= 11 is 5.26. The van der Waals surface area contributed by atoms with Gasteiger partial charge in [-0.1, -0.05) is 91.5 Å². The van der Waals surface area contributed by atoms with E-state index in [1.807, 2.05) is 13.8 Å². The molecule has 41 heavy (non-hydrogen) atoms. The molecule has 0 fully saturated rings. The number of aliphatic hydroxyl groups excluding tert-OH is 1. The predicted molar refractivity (Wildman–Crippen MR) is 163 cm³/mol. The van der Waals surface area contributed by atoms with Crippen LogP contribution in [-0.2, 0) is 14.3 Å². The Labute approximate surface area is 250 Å². The van der Waals surface area contributed by atoms with Crippen molar-refractivity contribution in [1.29, 1.82) is 0 Å². The summed E-state index contributed by atoms with van der Waals surface area (Å²) in [4.78, 5) is 44.4. The second-order valence-electron chi connectivity index (χ2n) is 8.60. The lowest BCUT2D eigenvalue weighted by Crippen LogP contribution is -2.15. The van der Waals surface area contributed by atoms with Crippen LogP contribution in [0.2, 0.25) is 0 Å². The van der Waals surface area contributed by atoms with Gasteiger partial charge in [-0.25, -0.2) is 4.79 Å². The Hall–Kier alpha value is -3.23. The number of hydrogen-bond acceptors (Lipinski definition) is 8. The Morgan fingerprint density at radius 3 is 1.44 bits per heavy atom. The summed E-state index contributed by atoms with van der Waals surface area (Å²) in [6.45, 7) is 15.6. The summed E-state index contributed by atoms with van der Waals surface area (Å²) < 4.78 is 15.0. The minimum atomic E-state index is -0.642. The Morgan fingerprint density at radius 1 is 0.707 bits per heavy atom. The maximum Gasteiger partial charge on any atom is 0.341 e. The highest BCUT2D eigenvalue weighted by Gasteiger charge is 2.16. The highest BCUT2D eigenvalue weighted by molar-refractivity contribution is 6.68. The molecule has 0 atom stereocenters. The number of carbonyl (C=O) groups is 4. The van der Waals surface area contributed by atoms with E-state index in [-0.39, 0.29) is 22.6 Å². The van der Waals surface area contributed by atoms with Crippen molar-refractivity contribution in [2.75, 3.05) is 13.2 Å². The van der Waals surface area contributed by atoms with Crippen molar-refractivity contribution in [2.45, 2.75) is 81.1 Å². The molecular weight excluding hydrogens is 548 g/mol. The molecular formula is C32H47ClO8. The summed E-state index contributed by atoms with van der Waals surface area (Å²) in [6, 6.07) is 12.9. The second kappa shape index (κ2) is 24.6. The molecule has 230 valence electrons. The molecule has 0 aliphatic rings. The largest absolute Gasteiger partial charge is 0.462 e. The van der Waals surface area contributed by atoms with E-state index in [4.69, 9.17) is 30.9 Å². The van der Waals surface area contributed by atoms with Crippen molar-refractivity contribution < 1.29 is 38.5 Å². The zero-order chi connectivity index (χ0) is 31.8. The molecule has 0 spiro atoms. The molecule has 0 saturated heterocycles. The first-order valence-corrected chi connectivity index (χ1v) is 14.4. The van der Waals surface area contributed by atoms with E-state index in [1.165, 1.54) is 26.0 Å². The van der Waals surface area contributed by atoms with Gasteiger partial charge in [-0.15, -0.1) is 0 Å². The number of ether oxygens (including phenoxy) is 3. The number of rotatable bonds is 11. The van der Waals surface area contributed by atoms with Crippen molar-refractivity contribution in [1.82, 2.24) is 0 Å². The third-order valence-corrected chi connectivity index (χ3v) is 5.93. The van der Waals surface area contributed by atoms with E-state index >= 15 is 0 Å². The maximum atomic E-state index is 12.0. The third-order valence-electron chi connectivity index (χ3n) is 5.73. The molecule has 0 aromatic heterocycles. The first kappa shape index (κ1) is 39.9. The van der Waals surface area contributed by atoms with Crippen LogP contribution in [0.25, 0.3) is 0 Å². The molecule has 0 radical (unpaired) electrons. The van der Waals surface area contributed by atoms with E-state index in [2.05, 4.69) is 27.7 Å². The highest BCUT2D eigenvalue weighted by Crippen LogP contribution is 2.21. The van der Waals surface area contributed by atoms with E-state index < -0.39 is 23.2 Å². The van der Waals surface area contributed by atoms with Crippen molar-refractivity contribution in [3.8, 4) is 11.5 Å². The first-order chi connectivity index (χ1) is 19.5. The van der Waals surface area contributed by atoms with Gasteiger partial charge in [-0.3, -0.25) is 14.4 Å². The standard InChI is InChI=1S/C15H20O4.C9H7ClO3.C6H14O.C2H6/c1-4-12(5-2)10-18-15(17)13-8-6-7-9-14(13)19-11(3)16;1-6(11)13-8-5-3-2-4-7(8)9(10)12;1-3-6(4-2)5-7;1-2/h6-9,12H,4-5,10H2,1-3H3;2-5H,1H3;6-7H,3-5H2,1-2H3;1-2H3. The maximum absolute atomic E-state index is 12.0. The minimum absolute atomic E-state index is 0.190. The highest BCUT2D eigenvalue weighted by atomic mass is 35.5. The Bertz CT molecular complexity index is 1020. The molecule has 8 nitrogen and oxygen atoms in total. The molecule has 0 aliphatic heterocycles. The molecule has 0 bridgehead atoms. The van der Waals surface area contributed by atoms with E-state index in [0.717, 1.165) is 25.7 Å². The fourth-order valence-corrected chi connectivity index (χ4v) is 3.25. The van der Waals surface area contributed by atoms with Gasteiger partial charge in [0.2, 0.25) is 0 Å². The van der Waals surface area contributed by atoms with Gasteiger partial charge in [0.1, 0.15) is 17.1 Å². The van der Waals surface area contributed by atoms with Crippen molar-refractivity contribution in [3.63, 3.8) is 0 Å². The molecule has 2 aromatic carbocycles. The van der Waals surface area contributed by atoms with Gasteiger partial charge in [-0.2, -0.15) is 0 Å². The lowest BCUT2D eigenvalue weighted by molar-refractivity contribution is -0.132. The third kappa shape index (κ3) is 17.9. The molecule has 1 N–H and O–H groups in total. The molecule has 2 rings (SSSR count). The van der Waals surface area contributed by atoms with E-state index in [9.17, 15) is 19.2 Å². The minimum Gasteiger partial charge on any atom is -0.462 e. The smallest absolute Gasteiger partial charge is 0.341 e. The Morgan fingerprint density at radius 2 is 1.10 bits per heavy atom. The van der Waals surface area contributed by atoms with Crippen molar-refractivity contribution in [2.24, 2.45) is 11.8 Å². The topological polar surface area (TPSA) is 116 Å². The molecule has 2 aromatic rings. The molecule has 0 aliphatic carbocycles. The predicted octanol–water partition coefficient (Wildman–Crippen LogP) is 7.64. The zero-order valence-electron chi connectivity index (χ0n) is 25.7. The lowest BCUT2D eigenvalue weighted by Gasteiger charge is -2.13. The molecule has 0 amide bonds. The van der Waals surface area contributed by atoms with E-state index in [0.29, 0.717) is 25.0 Å². The quantitative estimate of drug-likeness (QED) is 0.160. The van der Waals surface area contributed by atoms with Crippen LogP contribution in [0.4, 0.5) is 0 Å². The van der Waals surface area contributed by atoms with Gasteiger partial charge in [-0.05, 0) is 47.7 Å². The molecule has 9 heteroatoms. The van der Waals surface area contributed by atoms with Gasteiger partial charge in [0, 0.05) is 20.5 Å². The van der Waals surface area contributed by atoms with Crippen LogP contribution >= 0.6 is 11.6 Å². The van der Waals surface area contributed by atoms with Crippen molar-refractivity contribution >= 4 is 34.8 Å². The summed E-state index contributed by atoms with van der Waals surface area (Å²) in [7, 11) is 0. The number of halogens is 1. The van der Waals surface area contributed by atoms with Gasteiger partial charge in [0.15, 0.2) is 0 Å². The van der Waals surface area contributed by atoms with Gasteiger partial charge in [0.05, 0.1) is 12.2 Å². The van der Waals surface area contributed by atoms with Crippen LogP contribution in [0.1, 0.15) is 102 Å². The van der Waals surface area contributed by atoms with Crippen LogP contribution in [-0.4, -0.2) is 41.5 Å². The normalized spacial score (nSPS) is 9.66. The molecule has 0 heterocycles. The number of benzene rings is 2. The number of esters is 3. The van der Waals surface area contributed by atoms with Crippen LogP contribution in [0.3, 0.4) is 0 Å². The number of para-hydroxylation sites is 2. The number of aliphatic hydroxyl groups is 1. The molecule has 0 saturated carbocycles. The summed E-state index contributed by atoms with van der Waals surface area (Å²) in [5, 5.41) is 7.88. The zero-order valence-corrected chi connectivity index (χ0v) is 26.5. The fourth-order valence-electron chi connectivity index (χ4n) is 3.09. The van der Waals surface area contributed by atoms with Crippen LogP contribution in [0, 0.1) is 11.8 Å². The number of hydrogen-bond donors (Lipinski definition) is 1. The van der Waals surface area contributed by atoms with Crippen LogP contribution in [0.15, 0.2) is 48.5 Å². The van der Waals surface area contributed by atoms with E-state index in [1.54, 1.807) is 36.4 Å². The fraction of sp³-hybridized carbons (Fsp3) is 0.500. The Balaban J connectivity index is 0. The van der Waals surface area contributed by atoms with Crippen LogP contribution in [0.5, 0.6) is 11.5 Å². The summed E-state index contributed by atoms with van der Waals surface area (Å²) in [5.74, 6) is -0.0567. The molecule has 0 unspecified atom stereocenters. The van der Waals surface area contributed by atoms with Crippen LogP contribution < -0.4 is 9.47 Å². The second-order valence-corrected chi connectivity index (χ2v) is 8.94. The Kier molecular flexibility index (Phi) is 23.9. The number of carbonyl (C=O) groups excluding carboxylic acids is 4. The van der Waals surface area contributed by atoms with Gasteiger partial charge >= 0.3 is 17.9 Å². The van der Waals surface area contributed by atoms with Crippen molar-refractivity contribution in [3.05, 3.63) is 59.7 Å². The lowest BCUT2D eigenvalue weighted by atomic mass is 10.1. The summed E-state index contributed by atoms with van der Waals surface area (Å²) in [5.41, 5.74) is 0.475. The SMILES string of the molecule is CC.CC(=O)Oc1ccccc1C(=O)Cl.CCC(CC)CO.CCC(CC)COC(=O)c1ccccc1OC(C)=O.